The fraction of sp³-hybridized carbons (Fsp3) is 0.375. The molecular formula is C24H33N3. The van der Waals surface area contributed by atoms with E-state index in [0.29, 0.717) is 17.8 Å². The lowest BCUT2D eigenvalue weighted by Gasteiger charge is -2.01. The van der Waals surface area contributed by atoms with Crippen molar-refractivity contribution < 1.29 is 0 Å². The third kappa shape index (κ3) is 9.64. The molecule has 0 radical (unpaired) electrons. The zero-order chi connectivity index (χ0) is 20.1. The van der Waals surface area contributed by atoms with Gasteiger partial charge in [-0.1, -0.05) is 77.9 Å². The summed E-state index contributed by atoms with van der Waals surface area (Å²) < 4.78 is 0. The molecule has 0 N–H and O–H groups in total. The average Bonchev–Trinajstić information content (AvgIpc) is 2.71. The summed E-state index contributed by atoms with van der Waals surface area (Å²) in [5.74, 6) is 1.79. The van der Waals surface area contributed by atoms with E-state index >= 15 is 0 Å². The highest BCUT2D eigenvalue weighted by Crippen LogP contribution is 2.12. The van der Waals surface area contributed by atoms with Crippen LogP contribution in [0.1, 0.15) is 76.0 Å². The van der Waals surface area contributed by atoms with Crippen molar-refractivity contribution in [1.29, 1.82) is 0 Å². The maximum Gasteiger partial charge on any atom is 0.115 e. The molecule has 0 fully saturated rings. The first kappa shape index (κ1) is 22.5. The molecule has 0 amide bonds. The third-order valence-corrected chi connectivity index (χ3v) is 4.06. The summed E-state index contributed by atoms with van der Waals surface area (Å²) in [6.45, 7) is 13.0. The highest BCUT2D eigenvalue weighted by Gasteiger charge is 1.96. The zero-order valence-corrected chi connectivity index (χ0v) is 17.5. The average molecular weight is 364 g/mol. The number of rotatable bonds is 3. The zero-order valence-electron chi connectivity index (χ0n) is 17.5. The second-order valence-corrected chi connectivity index (χ2v) is 7.33. The van der Waals surface area contributed by atoms with Gasteiger partial charge in [0.05, 0.1) is 0 Å². The van der Waals surface area contributed by atoms with Crippen molar-refractivity contribution in [3.63, 3.8) is 0 Å². The van der Waals surface area contributed by atoms with Gasteiger partial charge in [-0.15, -0.1) is 0 Å². The standard InChI is InChI=1S/C9H12.C8H11N.C7H10N2/c1-8(2)9-6-4-3-5-7-9;1-7(2)8-4-3-5-9-6-8;1-6(2)7-3-8-5-9-4-7/h3-8H,1-2H3;3-7H,1-2H3;3-6H,1-2H3. The number of hydrogen-bond donors (Lipinski definition) is 0. The van der Waals surface area contributed by atoms with Crippen LogP contribution < -0.4 is 0 Å². The maximum atomic E-state index is 4.01. The molecule has 0 aliphatic carbocycles. The van der Waals surface area contributed by atoms with Gasteiger partial charge in [0, 0.05) is 24.8 Å². The molecule has 0 aliphatic heterocycles. The van der Waals surface area contributed by atoms with Gasteiger partial charge in [0.1, 0.15) is 6.33 Å². The summed E-state index contributed by atoms with van der Waals surface area (Å²) in [6, 6.07) is 14.6. The number of benzene rings is 1. The fourth-order valence-electron chi connectivity index (χ4n) is 2.16. The molecule has 2 heterocycles. The van der Waals surface area contributed by atoms with E-state index in [1.165, 1.54) is 16.7 Å². The number of hydrogen-bond acceptors (Lipinski definition) is 3. The monoisotopic (exact) mass is 363 g/mol. The van der Waals surface area contributed by atoms with Crippen LogP contribution in [0.4, 0.5) is 0 Å². The largest absolute Gasteiger partial charge is 0.264 e. The first-order chi connectivity index (χ1) is 12.9. The molecule has 3 heteroatoms. The van der Waals surface area contributed by atoms with Crippen LogP contribution in [0.2, 0.25) is 0 Å². The molecule has 1 aromatic carbocycles. The Kier molecular flexibility index (Phi) is 10.6. The first-order valence-corrected chi connectivity index (χ1v) is 9.61. The molecule has 2 aromatic heterocycles. The van der Waals surface area contributed by atoms with Crippen LogP contribution >= 0.6 is 0 Å². The van der Waals surface area contributed by atoms with E-state index in [0.717, 1.165) is 0 Å². The minimum absolute atomic E-state index is 0.534. The Hall–Kier alpha value is -2.55. The Morgan fingerprint density at radius 1 is 0.519 bits per heavy atom. The topological polar surface area (TPSA) is 38.7 Å². The van der Waals surface area contributed by atoms with Crippen LogP contribution in [-0.4, -0.2) is 15.0 Å². The molecule has 0 saturated carbocycles. The van der Waals surface area contributed by atoms with Gasteiger partial charge < -0.3 is 0 Å². The SMILES string of the molecule is CC(C)c1ccccc1.CC(C)c1cccnc1.CC(C)c1cncnc1. The van der Waals surface area contributed by atoms with E-state index in [9.17, 15) is 0 Å². The van der Waals surface area contributed by atoms with Crippen molar-refractivity contribution in [2.75, 3.05) is 0 Å². The Morgan fingerprint density at radius 2 is 1.00 bits per heavy atom. The van der Waals surface area contributed by atoms with Gasteiger partial charge in [0.15, 0.2) is 0 Å². The molecule has 0 spiro atoms. The van der Waals surface area contributed by atoms with Crippen molar-refractivity contribution in [3.05, 3.63) is 90.3 Å². The highest BCUT2D eigenvalue weighted by atomic mass is 14.8. The smallest absolute Gasteiger partial charge is 0.115 e. The molecular weight excluding hydrogens is 330 g/mol. The van der Waals surface area contributed by atoms with Gasteiger partial charge in [0.25, 0.3) is 0 Å². The van der Waals surface area contributed by atoms with E-state index < -0.39 is 0 Å². The summed E-state index contributed by atoms with van der Waals surface area (Å²) in [7, 11) is 0. The van der Waals surface area contributed by atoms with Crippen molar-refractivity contribution in [3.8, 4) is 0 Å². The van der Waals surface area contributed by atoms with Gasteiger partial charge in [-0.05, 0) is 40.5 Å². The fourth-order valence-corrected chi connectivity index (χ4v) is 2.16. The van der Waals surface area contributed by atoms with Crippen LogP contribution in [0, 0.1) is 0 Å². The van der Waals surface area contributed by atoms with Crippen LogP contribution in [0.15, 0.2) is 73.6 Å². The van der Waals surface area contributed by atoms with E-state index in [-0.39, 0.29) is 0 Å². The second kappa shape index (κ2) is 12.7. The van der Waals surface area contributed by atoms with Crippen molar-refractivity contribution in [1.82, 2.24) is 15.0 Å². The van der Waals surface area contributed by atoms with Gasteiger partial charge in [0.2, 0.25) is 0 Å². The van der Waals surface area contributed by atoms with Crippen LogP contribution in [0.25, 0.3) is 0 Å². The Balaban J connectivity index is 0.000000202. The normalized spacial score (nSPS) is 10.1. The molecule has 27 heavy (non-hydrogen) atoms. The van der Waals surface area contributed by atoms with Crippen molar-refractivity contribution in [2.24, 2.45) is 0 Å². The quantitative estimate of drug-likeness (QED) is 0.525. The van der Waals surface area contributed by atoms with Gasteiger partial charge in [-0.3, -0.25) is 4.98 Å². The van der Waals surface area contributed by atoms with E-state index in [4.69, 9.17) is 0 Å². The van der Waals surface area contributed by atoms with Crippen LogP contribution in [-0.2, 0) is 0 Å². The predicted octanol–water partition coefficient (Wildman–Crippen LogP) is 6.62. The predicted molar refractivity (Wildman–Crippen MR) is 115 cm³/mol. The van der Waals surface area contributed by atoms with E-state index in [1.807, 2.05) is 30.7 Å². The van der Waals surface area contributed by atoms with E-state index in [1.54, 1.807) is 12.5 Å². The van der Waals surface area contributed by atoms with Crippen LogP contribution in [0.5, 0.6) is 0 Å². The Labute approximate surface area is 165 Å². The Morgan fingerprint density at radius 3 is 1.33 bits per heavy atom. The lowest BCUT2D eigenvalue weighted by atomic mass is 10.0. The molecule has 0 atom stereocenters. The summed E-state index contributed by atoms with van der Waals surface area (Å²) >= 11 is 0. The third-order valence-electron chi connectivity index (χ3n) is 4.06. The lowest BCUT2D eigenvalue weighted by molar-refractivity contribution is 0.845. The highest BCUT2D eigenvalue weighted by molar-refractivity contribution is 5.17. The lowest BCUT2D eigenvalue weighted by Crippen LogP contribution is -1.88. The van der Waals surface area contributed by atoms with Gasteiger partial charge in [-0.25, -0.2) is 9.97 Å². The second-order valence-electron chi connectivity index (χ2n) is 7.33. The summed E-state index contributed by atoms with van der Waals surface area (Å²) in [6.07, 6.45) is 8.94. The maximum absolute atomic E-state index is 4.01. The van der Waals surface area contributed by atoms with Crippen molar-refractivity contribution >= 4 is 0 Å². The molecule has 0 bridgehead atoms. The molecule has 3 rings (SSSR count). The summed E-state index contributed by atoms with van der Waals surface area (Å²) in [4.78, 5) is 11.8. The number of pyridine rings is 1. The molecule has 0 aliphatic rings. The van der Waals surface area contributed by atoms with Crippen molar-refractivity contribution in [2.45, 2.75) is 59.3 Å². The molecule has 3 aromatic rings. The van der Waals surface area contributed by atoms with E-state index in [2.05, 4.69) is 86.8 Å². The minimum Gasteiger partial charge on any atom is -0.264 e. The number of aromatic nitrogens is 3. The Bertz CT molecular complexity index is 605. The molecule has 0 saturated heterocycles. The number of nitrogens with zero attached hydrogens (tertiary/aromatic N) is 3. The molecule has 3 nitrogen and oxygen atoms in total. The summed E-state index contributed by atoms with van der Waals surface area (Å²) in [5, 5.41) is 0. The van der Waals surface area contributed by atoms with Gasteiger partial charge >= 0.3 is 0 Å². The summed E-state index contributed by atoms with van der Waals surface area (Å²) in [5.41, 5.74) is 3.91. The van der Waals surface area contributed by atoms with Gasteiger partial charge in [-0.2, -0.15) is 0 Å². The van der Waals surface area contributed by atoms with Crippen LogP contribution in [0.3, 0.4) is 0 Å². The molecule has 0 unspecified atom stereocenters. The minimum atomic E-state index is 0.534. The first-order valence-electron chi connectivity index (χ1n) is 9.61. The molecule has 144 valence electrons.